The van der Waals surface area contributed by atoms with E-state index in [-0.39, 0.29) is 5.92 Å². The van der Waals surface area contributed by atoms with E-state index in [1.807, 2.05) is 0 Å². The molecule has 0 aromatic heterocycles. The summed E-state index contributed by atoms with van der Waals surface area (Å²) >= 11 is 0. The van der Waals surface area contributed by atoms with Crippen LogP contribution in [0.3, 0.4) is 0 Å². The predicted molar refractivity (Wildman–Crippen MR) is 59.2 cm³/mol. The van der Waals surface area contributed by atoms with Crippen LogP contribution in [0.15, 0.2) is 0 Å². The topological polar surface area (TPSA) is 12.0 Å². The highest BCUT2D eigenvalue weighted by Gasteiger charge is 2.24. The zero-order valence-corrected chi connectivity index (χ0v) is 9.56. The third-order valence-electron chi connectivity index (χ3n) is 3.26. The Morgan fingerprint density at radius 1 is 1.50 bits per heavy atom. The van der Waals surface area contributed by atoms with Crippen molar-refractivity contribution in [1.82, 2.24) is 5.32 Å². The zero-order valence-electron chi connectivity index (χ0n) is 9.56. The molecule has 1 saturated heterocycles. The summed E-state index contributed by atoms with van der Waals surface area (Å²) < 4.78 is 13.8. The first-order valence-electron chi connectivity index (χ1n) is 6.08. The van der Waals surface area contributed by atoms with Gasteiger partial charge in [-0.2, -0.15) is 0 Å². The van der Waals surface area contributed by atoms with Gasteiger partial charge in [0, 0.05) is 12.5 Å². The number of hydrogen-bond acceptors (Lipinski definition) is 1. The lowest BCUT2D eigenvalue weighted by atomic mass is 9.88. The summed E-state index contributed by atoms with van der Waals surface area (Å²) in [6.07, 6.45) is 4.75. The van der Waals surface area contributed by atoms with Crippen LogP contribution in [0.4, 0.5) is 4.39 Å². The summed E-state index contributed by atoms with van der Waals surface area (Å²) in [6, 6.07) is 0. The van der Waals surface area contributed by atoms with E-state index in [1.165, 1.54) is 12.8 Å². The second-order valence-corrected chi connectivity index (χ2v) is 4.75. The highest BCUT2D eigenvalue weighted by Crippen LogP contribution is 2.24. The summed E-state index contributed by atoms with van der Waals surface area (Å²) in [5, 5.41) is 3.28. The maximum absolute atomic E-state index is 13.8. The van der Waals surface area contributed by atoms with E-state index in [0.29, 0.717) is 5.92 Å². The van der Waals surface area contributed by atoms with E-state index in [1.54, 1.807) is 0 Å². The molecule has 1 N–H and O–H groups in total. The smallest absolute Gasteiger partial charge is 0.104 e. The second kappa shape index (κ2) is 6.39. The van der Waals surface area contributed by atoms with Crippen LogP contribution in [0, 0.1) is 11.8 Å². The van der Waals surface area contributed by atoms with Crippen LogP contribution in [0.5, 0.6) is 0 Å². The molecule has 0 aromatic rings. The highest BCUT2D eigenvalue weighted by atomic mass is 19.1. The summed E-state index contributed by atoms with van der Waals surface area (Å²) in [4.78, 5) is 0. The fraction of sp³-hybridized carbons (Fsp3) is 1.00. The Balaban J connectivity index is 2.21. The van der Waals surface area contributed by atoms with Crippen LogP contribution in [0.2, 0.25) is 0 Å². The Hall–Kier alpha value is -0.110. The number of hydrogen-bond donors (Lipinski definition) is 1. The Kier molecular flexibility index (Phi) is 5.46. The molecule has 2 heteroatoms. The highest BCUT2D eigenvalue weighted by molar-refractivity contribution is 4.77. The molecular formula is C12H24FN. The number of alkyl halides is 1. The van der Waals surface area contributed by atoms with Crippen molar-refractivity contribution in [1.29, 1.82) is 0 Å². The SMILES string of the molecule is CCCC(C)CC(F)C1CCCNC1. The summed E-state index contributed by atoms with van der Waals surface area (Å²) in [5.74, 6) is 0.833. The van der Waals surface area contributed by atoms with Crippen molar-refractivity contribution < 1.29 is 4.39 Å². The van der Waals surface area contributed by atoms with Crippen molar-refractivity contribution in [2.75, 3.05) is 13.1 Å². The van der Waals surface area contributed by atoms with Crippen LogP contribution in [0.1, 0.15) is 46.0 Å². The molecule has 1 aliphatic rings. The summed E-state index contributed by atoms with van der Waals surface area (Å²) in [6.45, 7) is 6.31. The van der Waals surface area contributed by atoms with Gasteiger partial charge in [0.05, 0.1) is 0 Å². The lowest BCUT2D eigenvalue weighted by Gasteiger charge is -2.27. The largest absolute Gasteiger partial charge is 0.316 e. The van der Waals surface area contributed by atoms with Crippen LogP contribution < -0.4 is 5.32 Å². The monoisotopic (exact) mass is 201 g/mol. The zero-order chi connectivity index (χ0) is 10.4. The molecule has 14 heavy (non-hydrogen) atoms. The maximum atomic E-state index is 13.8. The quantitative estimate of drug-likeness (QED) is 0.720. The molecule has 1 heterocycles. The van der Waals surface area contributed by atoms with Crippen LogP contribution in [-0.2, 0) is 0 Å². The molecule has 0 aliphatic carbocycles. The molecule has 0 spiro atoms. The fourth-order valence-electron chi connectivity index (χ4n) is 2.37. The second-order valence-electron chi connectivity index (χ2n) is 4.75. The van der Waals surface area contributed by atoms with Gasteiger partial charge in [-0.15, -0.1) is 0 Å². The molecular weight excluding hydrogens is 177 g/mol. The minimum atomic E-state index is -0.579. The molecule has 0 radical (unpaired) electrons. The molecule has 84 valence electrons. The molecule has 1 nitrogen and oxygen atoms in total. The Morgan fingerprint density at radius 2 is 2.29 bits per heavy atom. The fourth-order valence-corrected chi connectivity index (χ4v) is 2.37. The van der Waals surface area contributed by atoms with Crippen molar-refractivity contribution in [3.8, 4) is 0 Å². The summed E-state index contributed by atoms with van der Waals surface area (Å²) in [7, 11) is 0. The van der Waals surface area contributed by atoms with Crippen LogP contribution >= 0.6 is 0 Å². The third kappa shape index (κ3) is 3.95. The number of piperidine rings is 1. The molecule has 0 bridgehead atoms. The van der Waals surface area contributed by atoms with Gasteiger partial charge in [0.25, 0.3) is 0 Å². The van der Waals surface area contributed by atoms with Gasteiger partial charge in [0.1, 0.15) is 6.17 Å². The van der Waals surface area contributed by atoms with Gasteiger partial charge in [-0.05, 0) is 31.7 Å². The lowest BCUT2D eigenvalue weighted by molar-refractivity contribution is 0.160. The first kappa shape index (κ1) is 12.0. The van der Waals surface area contributed by atoms with E-state index < -0.39 is 6.17 Å². The van der Waals surface area contributed by atoms with Gasteiger partial charge < -0.3 is 5.32 Å². The van der Waals surface area contributed by atoms with E-state index in [2.05, 4.69) is 19.2 Å². The third-order valence-corrected chi connectivity index (χ3v) is 3.26. The van der Waals surface area contributed by atoms with E-state index in [0.717, 1.165) is 32.4 Å². The predicted octanol–water partition coefficient (Wildman–Crippen LogP) is 3.15. The minimum Gasteiger partial charge on any atom is -0.316 e. The maximum Gasteiger partial charge on any atom is 0.104 e. The Labute approximate surface area is 87.5 Å². The number of halogens is 1. The van der Waals surface area contributed by atoms with Gasteiger partial charge in [-0.25, -0.2) is 4.39 Å². The standard InChI is InChI=1S/C12H24FN/c1-3-5-10(2)8-12(13)11-6-4-7-14-9-11/h10-12,14H,3-9H2,1-2H3. The normalized spacial score (nSPS) is 27.2. The van der Waals surface area contributed by atoms with Crippen molar-refractivity contribution in [3.05, 3.63) is 0 Å². The molecule has 1 fully saturated rings. The molecule has 1 rings (SSSR count). The lowest BCUT2D eigenvalue weighted by Crippen LogP contribution is -2.35. The molecule has 3 unspecified atom stereocenters. The van der Waals surface area contributed by atoms with Crippen molar-refractivity contribution >= 4 is 0 Å². The van der Waals surface area contributed by atoms with Crippen molar-refractivity contribution in [3.63, 3.8) is 0 Å². The van der Waals surface area contributed by atoms with E-state index in [9.17, 15) is 4.39 Å². The van der Waals surface area contributed by atoms with Crippen LogP contribution in [-0.4, -0.2) is 19.3 Å². The van der Waals surface area contributed by atoms with Crippen molar-refractivity contribution in [2.45, 2.75) is 52.1 Å². The summed E-state index contributed by atoms with van der Waals surface area (Å²) in [5.41, 5.74) is 0. The Bertz CT molecular complexity index is 143. The van der Waals surface area contributed by atoms with E-state index >= 15 is 0 Å². The molecule has 3 atom stereocenters. The molecule has 0 aromatic carbocycles. The first-order valence-corrected chi connectivity index (χ1v) is 6.08. The van der Waals surface area contributed by atoms with Crippen molar-refractivity contribution in [2.24, 2.45) is 11.8 Å². The van der Waals surface area contributed by atoms with Crippen LogP contribution in [0.25, 0.3) is 0 Å². The van der Waals surface area contributed by atoms with E-state index in [4.69, 9.17) is 0 Å². The van der Waals surface area contributed by atoms with Gasteiger partial charge in [-0.3, -0.25) is 0 Å². The minimum absolute atomic E-state index is 0.281. The molecule has 0 saturated carbocycles. The van der Waals surface area contributed by atoms with Gasteiger partial charge in [0.15, 0.2) is 0 Å². The molecule has 0 amide bonds. The number of rotatable bonds is 5. The Morgan fingerprint density at radius 3 is 2.86 bits per heavy atom. The van der Waals surface area contributed by atoms with Gasteiger partial charge in [0.2, 0.25) is 0 Å². The first-order chi connectivity index (χ1) is 6.74. The van der Waals surface area contributed by atoms with Gasteiger partial charge >= 0.3 is 0 Å². The van der Waals surface area contributed by atoms with Gasteiger partial charge in [-0.1, -0.05) is 26.7 Å². The average molecular weight is 201 g/mol. The molecule has 1 aliphatic heterocycles. The number of nitrogens with one attached hydrogen (secondary N) is 1. The average Bonchev–Trinajstić information content (AvgIpc) is 2.19.